The topological polar surface area (TPSA) is 168 Å². The Bertz CT molecular complexity index is 937. The SMILES string of the molecule is CO/N=C(/C(=O)N[C@H]1CN2CC(C(C)=O)=C(C(=O)O)N2C1=O)c1csc(N)n1. The molecule has 0 radical (unpaired) electrons. The second-order valence-electron chi connectivity index (χ2n) is 5.91. The lowest BCUT2D eigenvalue weighted by Crippen LogP contribution is -2.46. The van der Waals surface area contributed by atoms with Gasteiger partial charge >= 0.3 is 5.97 Å². The van der Waals surface area contributed by atoms with Crippen LogP contribution >= 0.6 is 11.3 Å². The van der Waals surface area contributed by atoms with Crippen LogP contribution < -0.4 is 11.1 Å². The standard InChI is InChI=1S/C15H16N6O6S/c1-6(22)7-3-20-4-8(13(24)21(20)11(7)14(25)26)17-12(23)10(19-27-2)9-5-28-15(16)18-9/h5,8H,3-4H2,1-2H3,(H2,16,18)(H,17,23)(H,25,26)/b19-10+/t8-/m0/s1. The maximum absolute atomic E-state index is 12.7. The Morgan fingerprint density at radius 2 is 2.18 bits per heavy atom. The summed E-state index contributed by atoms with van der Waals surface area (Å²) in [5.74, 6) is -3.24. The van der Waals surface area contributed by atoms with E-state index >= 15 is 0 Å². The molecule has 0 bridgehead atoms. The monoisotopic (exact) mass is 408 g/mol. The fourth-order valence-electron chi connectivity index (χ4n) is 2.95. The van der Waals surface area contributed by atoms with Crippen LogP contribution in [0.2, 0.25) is 0 Å². The molecule has 1 aromatic rings. The van der Waals surface area contributed by atoms with Crippen molar-refractivity contribution < 1.29 is 29.1 Å². The number of nitrogens with two attached hydrogens (primary N) is 1. The molecule has 0 aromatic carbocycles. The number of oxime groups is 1. The number of thiazole rings is 1. The van der Waals surface area contributed by atoms with E-state index in [-0.39, 0.29) is 35.2 Å². The molecule has 2 aliphatic heterocycles. The Morgan fingerprint density at radius 3 is 2.71 bits per heavy atom. The number of nitrogens with zero attached hydrogens (tertiary/aromatic N) is 4. The summed E-state index contributed by atoms with van der Waals surface area (Å²) in [5, 5.41) is 19.6. The number of hydrogen-bond acceptors (Lipinski definition) is 10. The summed E-state index contributed by atoms with van der Waals surface area (Å²) in [5.41, 5.74) is 5.20. The molecular weight excluding hydrogens is 392 g/mol. The molecule has 3 heterocycles. The quantitative estimate of drug-likeness (QED) is 0.377. The van der Waals surface area contributed by atoms with Gasteiger partial charge in [-0.25, -0.2) is 19.8 Å². The lowest BCUT2D eigenvalue weighted by atomic mass is 10.1. The number of nitrogens with one attached hydrogen (secondary N) is 1. The molecule has 0 spiro atoms. The molecular formula is C15H16N6O6S. The number of carboxylic acid groups (broad SMARTS) is 1. The van der Waals surface area contributed by atoms with Crippen molar-refractivity contribution in [2.24, 2.45) is 5.16 Å². The second kappa shape index (κ2) is 7.36. The summed E-state index contributed by atoms with van der Waals surface area (Å²) in [6.07, 6.45) is 0. The zero-order chi connectivity index (χ0) is 20.6. The number of carboxylic acids is 1. The highest BCUT2D eigenvalue weighted by atomic mass is 32.1. The van der Waals surface area contributed by atoms with Gasteiger partial charge in [0.15, 0.2) is 22.3 Å². The maximum atomic E-state index is 12.7. The highest BCUT2D eigenvalue weighted by Crippen LogP contribution is 2.29. The summed E-state index contributed by atoms with van der Waals surface area (Å²) in [4.78, 5) is 57.1. The maximum Gasteiger partial charge on any atom is 0.354 e. The Balaban J connectivity index is 1.81. The van der Waals surface area contributed by atoms with Gasteiger partial charge in [0, 0.05) is 24.0 Å². The Hall–Kier alpha value is -3.32. The molecule has 1 atom stereocenters. The number of aromatic nitrogens is 1. The molecule has 0 unspecified atom stereocenters. The van der Waals surface area contributed by atoms with Crippen molar-refractivity contribution in [3.63, 3.8) is 0 Å². The minimum absolute atomic E-state index is 0.00238. The van der Waals surface area contributed by atoms with Crippen LogP contribution in [0.25, 0.3) is 0 Å². The second-order valence-corrected chi connectivity index (χ2v) is 6.79. The third-order valence-corrected chi connectivity index (χ3v) is 4.79. The van der Waals surface area contributed by atoms with Gasteiger partial charge < -0.3 is 21.0 Å². The first-order chi connectivity index (χ1) is 13.2. The molecule has 2 amide bonds. The highest BCUT2D eigenvalue weighted by molar-refractivity contribution is 7.13. The van der Waals surface area contributed by atoms with E-state index in [1.165, 1.54) is 24.4 Å². The van der Waals surface area contributed by atoms with E-state index in [1.54, 1.807) is 0 Å². The number of nitrogen functional groups attached to an aromatic ring is 1. The summed E-state index contributed by atoms with van der Waals surface area (Å²) < 4.78 is 0. The van der Waals surface area contributed by atoms with Crippen molar-refractivity contribution in [1.82, 2.24) is 20.3 Å². The number of amides is 2. The number of hydrogen-bond donors (Lipinski definition) is 3. The molecule has 28 heavy (non-hydrogen) atoms. The largest absolute Gasteiger partial charge is 0.477 e. The highest BCUT2D eigenvalue weighted by Gasteiger charge is 2.49. The molecule has 3 rings (SSSR count). The van der Waals surface area contributed by atoms with Gasteiger partial charge in [0.2, 0.25) is 0 Å². The number of fused-ring (bicyclic) bond motifs is 1. The van der Waals surface area contributed by atoms with Crippen LogP contribution in [0.4, 0.5) is 5.13 Å². The van der Waals surface area contributed by atoms with E-state index in [0.29, 0.717) is 0 Å². The number of aliphatic carboxylic acids is 1. The zero-order valence-electron chi connectivity index (χ0n) is 14.8. The van der Waals surface area contributed by atoms with Gasteiger partial charge in [-0.1, -0.05) is 5.16 Å². The lowest BCUT2D eigenvalue weighted by Gasteiger charge is -2.19. The van der Waals surface area contributed by atoms with Crippen molar-refractivity contribution in [2.45, 2.75) is 13.0 Å². The molecule has 148 valence electrons. The number of carbonyl (C=O) groups excluding carboxylic acids is 3. The number of ketones is 1. The third kappa shape index (κ3) is 3.32. The minimum atomic E-state index is -1.40. The van der Waals surface area contributed by atoms with Gasteiger partial charge in [0.1, 0.15) is 18.8 Å². The molecule has 12 nitrogen and oxygen atoms in total. The van der Waals surface area contributed by atoms with Crippen LogP contribution in [0.5, 0.6) is 0 Å². The van der Waals surface area contributed by atoms with Crippen molar-refractivity contribution in [1.29, 1.82) is 0 Å². The molecule has 13 heteroatoms. The zero-order valence-corrected chi connectivity index (χ0v) is 15.6. The van der Waals surface area contributed by atoms with E-state index < -0.39 is 35.3 Å². The first-order valence-electron chi connectivity index (χ1n) is 7.94. The Kier molecular flexibility index (Phi) is 5.11. The summed E-state index contributed by atoms with van der Waals surface area (Å²) in [7, 11) is 1.25. The number of carbonyl (C=O) groups is 4. The van der Waals surface area contributed by atoms with Crippen LogP contribution in [-0.4, -0.2) is 75.6 Å². The molecule has 1 fully saturated rings. The van der Waals surface area contributed by atoms with Gasteiger partial charge in [-0.2, -0.15) is 0 Å². The number of rotatable bonds is 6. The Morgan fingerprint density at radius 1 is 1.46 bits per heavy atom. The van der Waals surface area contributed by atoms with Gasteiger partial charge in [0.25, 0.3) is 11.8 Å². The van der Waals surface area contributed by atoms with E-state index in [9.17, 15) is 24.3 Å². The lowest BCUT2D eigenvalue weighted by molar-refractivity contribution is -0.143. The summed E-state index contributed by atoms with van der Waals surface area (Å²) in [6.45, 7) is 1.20. The molecule has 0 aliphatic carbocycles. The third-order valence-electron chi connectivity index (χ3n) is 4.12. The Labute approximate surface area is 162 Å². The molecule has 0 saturated carbocycles. The van der Waals surface area contributed by atoms with Gasteiger partial charge in [-0.15, -0.1) is 11.3 Å². The van der Waals surface area contributed by atoms with Crippen LogP contribution in [0, 0.1) is 0 Å². The molecule has 1 aromatic heterocycles. The molecule has 2 aliphatic rings. The fourth-order valence-corrected chi connectivity index (χ4v) is 3.50. The first kappa shape index (κ1) is 19.4. The van der Waals surface area contributed by atoms with E-state index in [4.69, 9.17) is 5.73 Å². The predicted molar refractivity (Wildman–Crippen MR) is 95.8 cm³/mol. The summed E-state index contributed by atoms with van der Waals surface area (Å²) in [6, 6.07) is -1.03. The average Bonchev–Trinajstić information content (AvgIpc) is 3.28. The van der Waals surface area contributed by atoms with Gasteiger partial charge in [-0.3, -0.25) is 14.4 Å². The van der Waals surface area contributed by atoms with Crippen LogP contribution in [0.1, 0.15) is 12.6 Å². The van der Waals surface area contributed by atoms with E-state index in [2.05, 4.69) is 20.3 Å². The van der Waals surface area contributed by atoms with Crippen molar-refractivity contribution in [2.75, 3.05) is 25.9 Å². The van der Waals surface area contributed by atoms with E-state index in [1.807, 2.05) is 0 Å². The smallest absolute Gasteiger partial charge is 0.354 e. The normalized spacial score (nSPS) is 19.8. The number of Topliss-reactive ketones (excluding diaryl/α,β-unsaturated/α-hetero) is 1. The van der Waals surface area contributed by atoms with E-state index in [0.717, 1.165) is 16.3 Å². The number of anilines is 1. The first-order valence-corrected chi connectivity index (χ1v) is 8.82. The molecule has 4 N–H and O–H groups in total. The molecule has 1 saturated heterocycles. The average molecular weight is 408 g/mol. The van der Waals surface area contributed by atoms with Crippen molar-refractivity contribution in [3.8, 4) is 0 Å². The van der Waals surface area contributed by atoms with Gasteiger partial charge in [-0.05, 0) is 6.92 Å². The van der Waals surface area contributed by atoms with Crippen molar-refractivity contribution in [3.05, 3.63) is 22.3 Å². The number of hydrazine groups is 1. The minimum Gasteiger partial charge on any atom is -0.477 e. The summed E-state index contributed by atoms with van der Waals surface area (Å²) >= 11 is 1.10. The van der Waals surface area contributed by atoms with Crippen LogP contribution in [-0.2, 0) is 24.0 Å². The van der Waals surface area contributed by atoms with Gasteiger partial charge in [0.05, 0.1) is 0 Å². The van der Waals surface area contributed by atoms with Crippen molar-refractivity contribution >= 4 is 45.7 Å². The predicted octanol–water partition coefficient (Wildman–Crippen LogP) is -1.44. The van der Waals surface area contributed by atoms with Crippen LogP contribution in [0.15, 0.2) is 21.8 Å². The van der Waals surface area contributed by atoms with Crippen LogP contribution in [0.3, 0.4) is 0 Å². The fraction of sp³-hybridized carbons (Fsp3) is 0.333.